The molecule has 3 heterocycles. The smallest absolute Gasteiger partial charge is 0.231 e. The van der Waals surface area contributed by atoms with Gasteiger partial charge in [0.25, 0.3) is 0 Å². The molecule has 1 N–H and O–H groups in total. The molecule has 2 aliphatic rings. The van der Waals surface area contributed by atoms with Crippen LogP contribution in [-0.4, -0.2) is 36.8 Å². The van der Waals surface area contributed by atoms with Crippen LogP contribution in [0.3, 0.4) is 0 Å². The molecule has 4 rings (SSSR count). The Morgan fingerprint density at radius 3 is 3.08 bits per heavy atom. The molecule has 1 fully saturated rings. The van der Waals surface area contributed by atoms with Gasteiger partial charge in [-0.3, -0.25) is 9.88 Å². The zero-order valence-corrected chi connectivity index (χ0v) is 13.9. The summed E-state index contributed by atoms with van der Waals surface area (Å²) in [6, 6.07) is 10.7. The lowest BCUT2D eigenvalue weighted by Gasteiger charge is -2.25. The number of aromatic nitrogens is 1. The first-order chi connectivity index (χ1) is 11.8. The second kappa shape index (κ2) is 6.79. The number of benzene rings is 1. The average Bonchev–Trinajstić information content (AvgIpc) is 3.23. The van der Waals surface area contributed by atoms with Crippen LogP contribution in [0.25, 0.3) is 0 Å². The van der Waals surface area contributed by atoms with Crippen molar-refractivity contribution in [3.63, 3.8) is 0 Å². The predicted molar refractivity (Wildman–Crippen MR) is 92.0 cm³/mol. The average molecular weight is 325 g/mol. The van der Waals surface area contributed by atoms with Gasteiger partial charge in [0, 0.05) is 37.1 Å². The molecule has 2 atom stereocenters. The largest absolute Gasteiger partial charge is 0.454 e. The zero-order chi connectivity index (χ0) is 16.4. The Morgan fingerprint density at radius 2 is 2.21 bits per heavy atom. The van der Waals surface area contributed by atoms with E-state index in [1.807, 2.05) is 30.6 Å². The van der Waals surface area contributed by atoms with Gasteiger partial charge in [-0.15, -0.1) is 0 Å². The maximum Gasteiger partial charge on any atom is 0.231 e. The molecular weight excluding hydrogens is 302 g/mol. The lowest BCUT2D eigenvalue weighted by atomic mass is 9.94. The van der Waals surface area contributed by atoms with E-state index in [4.69, 9.17) is 9.47 Å². The first kappa shape index (κ1) is 15.4. The third-order valence-electron chi connectivity index (χ3n) is 5.00. The minimum absolute atomic E-state index is 0.322. The van der Waals surface area contributed by atoms with Crippen LogP contribution in [0.5, 0.6) is 11.5 Å². The number of hydrogen-bond acceptors (Lipinski definition) is 5. The van der Waals surface area contributed by atoms with E-state index in [0.717, 1.165) is 36.7 Å². The van der Waals surface area contributed by atoms with Crippen molar-refractivity contribution < 1.29 is 9.47 Å². The zero-order valence-electron chi connectivity index (χ0n) is 13.9. The van der Waals surface area contributed by atoms with Crippen molar-refractivity contribution in [3.8, 4) is 11.5 Å². The second-order valence-electron chi connectivity index (χ2n) is 6.54. The van der Waals surface area contributed by atoms with E-state index < -0.39 is 0 Å². The number of ether oxygens (including phenoxy) is 2. The normalized spacial score (nSPS) is 22.9. The van der Waals surface area contributed by atoms with Crippen LogP contribution < -0.4 is 14.8 Å². The number of rotatable bonds is 5. The van der Waals surface area contributed by atoms with Crippen molar-refractivity contribution in [1.29, 1.82) is 0 Å². The molecule has 5 heteroatoms. The fraction of sp³-hybridized carbons (Fsp3) is 0.421. The van der Waals surface area contributed by atoms with Gasteiger partial charge in [0.15, 0.2) is 11.5 Å². The Bertz CT molecular complexity index is 692. The van der Waals surface area contributed by atoms with E-state index in [2.05, 4.69) is 34.4 Å². The van der Waals surface area contributed by atoms with Crippen LogP contribution in [0.15, 0.2) is 42.7 Å². The van der Waals surface area contributed by atoms with Crippen molar-refractivity contribution in [2.75, 3.05) is 26.9 Å². The number of para-hydroxylation sites is 1. The molecule has 0 saturated carbocycles. The van der Waals surface area contributed by atoms with Crippen molar-refractivity contribution in [1.82, 2.24) is 15.2 Å². The molecule has 0 amide bonds. The van der Waals surface area contributed by atoms with Gasteiger partial charge >= 0.3 is 0 Å². The molecule has 0 spiro atoms. The van der Waals surface area contributed by atoms with Crippen LogP contribution in [0, 0.1) is 5.92 Å². The third-order valence-corrected chi connectivity index (χ3v) is 5.00. The number of fused-ring (bicyclic) bond motifs is 1. The number of hydrogen-bond donors (Lipinski definition) is 1. The van der Waals surface area contributed by atoms with Gasteiger partial charge in [-0.1, -0.05) is 18.2 Å². The number of nitrogens with zero attached hydrogens (tertiary/aromatic N) is 2. The Labute approximate surface area is 142 Å². The van der Waals surface area contributed by atoms with Crippen LogP contribution in [-0.2, 0) is 6.54 Å². The summed E-state index contributed by atoms with van der Waals surface area (Å²) >= 11 is 0. The lowest BCUT2D eigenvalue weighted by Crippen LogP contribution is -2.28. The number of likely N-dealkylation sites (tertiary alicyclic amines) is 1. The SMILES string of the molecule is CN1CC[C@@H](CNCc2cccc3c2OCO3)[C@@H]1c1cccnc1. The minimum atomic E-state index is 0.322. The van der Waals surface area contributed by atoms with E-state index in [1.165, 1.54) is 12.0 Å². The van der Waals surface area contributed by atoms with Crippen molar-refractivity contribution in [2.24, 2.45) is 5.92 Å². The summed E-state index contributed by atoms with van der Waals surface area (Å²) < 4.78 is 11.0. The van der Waals surface area contributed by atoms with Gasteiger partial charge in [0.1, 0.15) is 0 Å². The molecule has 5 nitrogen and oxygen atoms in total. The molecule has 1 saturated heterocycles. The first-order valence-electron chi connectivity index (χ1n) is 8.51. The maximum atomic E-state index is 5.58. The first-order valence-corrected chi connectivity index (χ1v) is 8.51. The van der Waals surface area contributed by atoms with Gasteiger partial charge in [-0.05, 0) is 43.6 Å². The van der Waals surface area contributed by atoms with Gasteiger partial charge < -0.3 is 14.8 Å². The third kappa shape index (κ3) is 2.97. The van der Waals surface area contributed by atoms with E-state index in [1.54, 1.807) is 0 Å². The van der Waals surface area contributed by atoms with E-state index in [-0.39, 0.29) is 0 Å². The molecule has 126 valence electrons. The summed E-state index contributed by atoms with van der Waals surface area (Å²) in [6.45, 7) is 3.23. The summed E-state index contributed by atoms with van der Waals surface area (Å²) in [7, 11) is 2.20. The molecule has 2 aliphatic heterocycles. The van der Waals surface area contributed by atoms with Gasteiger partial charge in [-0.2, -0.15) is 0 Å². The molecule has 0 radical (unpaired) electrons. The maximum absolute atomic E-state index is 5.58. The van der Waals surface area contributed by atoms with Crippen molar-refractivity contribution in [2.45, 2.75) is 19.0 Å². The summed E-state index contributed by atoms with van der Waals surface area (Å²) in [4.78, 5) is 6.72. The van der Waals surface area contributed by atoms with Crippen LogP contribution in [0.4, 0.5) is 0 Å². The topological polar surface area (TPSA) is 46.6 Å². The lowest BCUT2D eigenvalue weighted by molar-refractivity contribution is 0.173. The monoisotopic (exact) mass is 325 g/mol. The molecule has 0 bridgehead atoms. The highest BCUT2D eigenvalue weighted by Crippen LogP contribution is 2.37. The molecule has 1 aromatic heterocycles. The van der Waals surface area contributed by atoms with E-state index in [0.29, 0.717) is 18.8 Å². The number of pyridine rings is 1. The standard InChI is InChI=1S/C19H23N3O2/c1-22-9-7-15(18(22)14-5-3-8-20-10-14)11-21-12-16-4-2-6-17-19(16)24-13-23-17/h2-6,8,10,15,18,21H,7,9,11-13H2,1H3/t15-,18-/m0/s1. The predicted octanol–water partition coefficient (Wildman–Crippen LogP) is 2.59. The molecule has 1 aromatic carbocycles. The van der Waals surface area contributed by atoms with Crippen LogP contribution in [0.1, 0.15) is 23.6 Å². The van der Waals surface area contributed by atoms with Gasteiger partial charge in [0.2, 0.25) is 6.79 Å². The quantitative estimate of drug-likeness (QED) is 0.915. The van der Waals surface area contributed by atoms with Crippen molar-refractivity contribution >= 4 is 0 Å². The Kier molecular flexibility index (Phi) is 4.36. The van der Waals surface area contributed by atoms with E-state index >= 15 is 0 Å². The minimum Gasteiger partial charge on any atom is -0.454 e. The highest BCUT2D eigenvalue weighted by atomic mass is 16.7. The fourth-order valence-electron chi connectivity index (χ4n) is 3.84. The fourth-order valence-corrected chi connectivity index (χ4v) is 3.84. The molecule has 0 aliphatic carbocycles. The summed E-state index contributed by atoms with van der Waals surface area (Å²) in [6.07, 6.45) is 5.04. The Morgan fingerprint density at radius 1 is 1.25 bits per heavy atom. The Balaban J connectivity index is 1.40. The summed E-state index contributed by atoms with van der Waals surface area (Å²) in [5, 5.41) is 3.61. The molecular formula is C19H23N3O2. The summed E-state index contributed by atoms with van der Waals surface area (Å²) in [5.74, 6) is 2.33. The Hall–Kier alpha value is -2.11. The second-order valence-corrected chi connectivity index (χ2v) is 6.54. The molecule has 0 unspecified atom stereocenters. The summed E-state index contributed by atoms with van der Waals surface area (Å²) in [5.41, 5.74) is 2.47. The number of nitrogens with one attached hydrogen (secondary N) is 1. The molecule has 2 aromatic rings. The van der Waals surface area contributed by atoms with Gasteiger partial charge in [-0.25, -0.2) is 0 Å². The highest BCUT2D eigenvalue weighted by Gasteiger charge is 2.32. The van der Waals surface area contributed by atoms with Gasteiger partial charge in [0.05, 0.1) is 0 Å². The van der Waals surface area contributed by atoms with E-state index in [9.17, 15) is 0 Å². The van der Waals surface area contributed by atoms with Crippen molar-refractivity contribution in [3.05, 3.63) is 53.9 Å². The molecule has 24 heavy (non-hydrogen) atoms. The van der Waals surface area contributed by atoms with Crippen LogP contribution in [0.2, 0.25) is 0 Å². The van der Waals surface area contributed by atoms with Crippen LogP contribution >= 0.6 is 0 Å². The highest BCUT2D eigenvalue weighted by molar-refractivity contribution is 5.48.